The average Bonchev–Trinajstić information content (AvgIpc) is 2.77. The van der Waals surface area contributed by atoms with Crippen LogP contribution in [0.3, 0.4) is 0 Å². The maximum Gasteiger partial charge on any atom is 0.200 e. The normalized spacial score (nSPS) is 10.9. The van der Waals surface area contributed by atoms with Gasteiger partial charge < -0.3 is 10.0 Å². The lowest BCUT2D eigenvalue weighted by Gasteiger charge is -2.20. The van der Waals surface area contributed by atoms with Crippen LogP contribution < -0.4 is 4.90 Å². The molecular weight excluding hydrogens is 208 g/mol. The molecule has 0 unspecified atom stereocenters. The van der Waals surface area contributed by atoms with Crippen molar-refractivity contribution in [2.45, 2.75) is 13.3 Å². The number of aliphatic hydroxyl groups is 1. The Morgan fingerprint density at radius 3 is 3.06 bits per heavy atom. The number of rotatable bonds is 5. The second-order valence-corrected chi connectivity index (χ2v) is 3.37. The molecule has 0 aliphatic rings. The SMILES string of the molecule is CCN(CCCO)c1ccc2nnnn2n1. The van der Waals surface area contributed by atoms with Gasteiger partial charge in [-0.15, -0.1) is 14.8 Å². The van der Waals surface area contributed by atoms with E-state index in [0.29, 0.717) is 5.65 Å². The number of hydrogen-bond donors (Lipinski definition) is 1. The van der Waals surface area contributed by atoms with Gasteiger partial charge >= 0.3 is 0 Å². The van der Waals surface area contributed by atoms with Gasteiger partial charge in [-0.1, -0.05) is 0 Å². The lowest BCUT2D eigenvalue weighted by Crippen LogP contribution is -2.26. The van der Waals surface area contributed by atoms with Crippen LogP contribution in [0.2, 0.25) is 0 Å². The fourth-order valence-corrected chi connectivity index (χ4v) is 1.51. The first-order valence-corrected chi connectivity index (χ1v) is 5.26. The zero-order valence-corrected chi connectivity index (χ0v) is 9.11. The van der Waals surface area contributed by atoms with Crippen molar-refractivity contribution >= 4 is 11.5 Å². The molecule has 2 aromatic heterocycles. The molecule has 0 aliphatic heterocycles. The molecule has 86 valence electrons. The highest BCUT2D eigenvalue weighted by atomic mass is 16.3. The van der Waals surface area contributed by atoms with Gasteiger partial charge in [-0.25, -0.2) is 0 Å². The maximum atomic E-state index is 8.81. The van der Waals surface area contributed by atoms with Crippen molar-refractivity contribution in [3.8, 4) is 0 Å². The average molecular weight is 222 g/mol. The van der Waals surface area contributed by atoms with Gasteiger partial charge in [-0.3, -0.25) is 0 Å². The minimum absolute atomic E-state index is 0.184. The summed E-state index contributed by atoms with van der Waals surface area (Å²) in [7, 11) is 0. The lowest BCUT2D eigenvalue weighted by molar-refractivity contribution is 0.289. The fraction of sp³-hybridized carbons (Fsp3) is 0.556. The van der Waals surface area contributed by atoms with Gasteiger partial charge in [0.05, 0.1) is 0 Å². The summed E-state index contributed by atoms with van der Waals surface area (Å²) < 4.78 is 1.40. The van der Waals surface area contributed by atoms with Crippen LogP contribution in [0.1, 0.15) is 13.3 Å². The van der Waals surface area contributed by atoms with E-state index in [9.17, 15) is 0 Å². The van der Waals surface area contributed by atoms with E-state index in [1.165, 1.54) is 4.63 Å². The molecule has 2 heterocycles. The summed E-state index contributed by atoms with van der Waals surface area (Å²) in [5.74, 6) is 0.816. The molecule has 0 spiro atoms. The molecule has 0 atom stereocenters. The first-order valence-electron chi connectivity index (χ1n) is 5.26. The molecule has 0 amide bonds. The number of fused-ring (bicyclic) bond motifs is 1. The first-order chi connectivity index (χ1) is 7.85. The van der Waals surface area contributed by atoms with Gasteiger partial charge in [-0.05, 0) is 35.9 Å². The summed E-state index contributed by atoms with van der Waals surface area (Å²) in [6.45, 7) is 3.83. The van der Waals surface area contributed by atoms with Crippen LogP contribution in [-0.4, -0.2) is 50.1 Å². The van der Waals surface area contributed by atoms with E-state index in [-0.39, 0.29) is 6.61 Å². The summed E-state index contributed by atoms with van der Waals surface area (Å²) >= 11 is 0. The van der Waals surface area contributed by atoms with Crippen molar-refractivity contribution in [2.75, 3.05) is 24.6 Å². The smallest absolute Gasteiger partial charge is 0.200 e. The van der Waals surface area contributed by atoms with Crippen LogP contribution in [0, 0.1) is 0 Å². The molecule has 0 radical (unpaired) electrons. The van der Waals surface area contributed by atoms with Crippen molar-refractivity contribution in [1.29, 1.82) is 0 Å². The second-order valence-electron chi connectivity index (χ2n) is 3.37. The molecule has 0 saturated carbocycles. The Labute approximate surface area is 92.7 Å². The minimum Gasteiger partial charge on any atom is -0.396 e. The molecule has 0 aliphatic carbocycles. The molecule has 7 nitrogen and oxygen atoms in total. The Morgan fingerprint density at radius 1 is 1.44 bits per heavy atom. The number of tetrazole rings is 1. The van der Waals surface area contributed by atoms with E-state index >= 15 is 0 Å². The van der Waals surface area contributed by atoms with Crippen molar-refractivity contribution in [3.05, 3.63) is 12.1 Å². The summed E-state index contributed by atoms with van der Waals surface area (Å²) in [5.41, 5.74) is 0.627. The highest BCUT2D eigenvalue weighted by Gasteiger charge is 2.07. The van der Waals surface area contributed by atoms with Gasteiger partial charge in [0.15, 0.2) is 11.5 Å². The van der Waals surface area contributed by atoms with Crippen LogP contribution in [0.25, 0.3) is 5.65 Å². The van der Waals surface area contributed by atoms with E-state index in [1.807, 2.05) is 19.1 Å². The van der Waals surface area contributed by atoms with E-state index in [0.717, 1.165) is 25.3 Å². The molecular formula is C9H14N6O. The van der Waals surface area contributed by atoms with Gasteiger partial charge in [-0.2, -0.15) is 0 Å². The lowest BCUT2D eigenvalue weighted by atomic mass is 10.3. The van der Waals surface area contributed by atoms with Crippen LogP contribution in [0.15, 0.2) is 12.1 Å². The highest BCUT2D eigenvalue weighted by molar-refractivity contribution is 5.44. The molecule has 2 aromatic rings. The fourth-order valence-electron chi connectivity index (χ4n) is 1.51. The Bertz CT molecular complexity index is 456. The summed E-state index contributed by atoms with van der Waals surface area (Å²) in [5, 5.41) is 24.2. The monoisotopic (exact) mass is 222 g/mol. The third kappa shape index (κ3) is 2.08. The Balaban J connectivity index is 2.22. The third-order valence-corrected chi connectivity index (χ3v) is 2.35. The summed E-state index contributed by atoms with van der Waals surface area (Å²) in [4.78, 5) is 2.07. The highest BCUT2D eigenvalue weighted by Crippen LogP contribution is 2.10. The predicted molar refractivity (Wildman–Crippen MR) is 58.2 cm³/mol. The van der Waals surface area contributed by atoms with Gasteiger partial charge in [0.25, 0.3) is 0 Å². The molecule has 0 bridgehead atoms. The molecule has 2 rings (SSSR count). The molecule has 16 heavy (non-hydrogen) atoms. The van der Waals surface area contributed by atoms with Gasteiger partial charge in [0, 0.05) is 19.7 Å². The zero-order valence-electron chi connectivity index (χ0n) is 9.11. The van der Waals surface area contributed by atoms with Crippen molar-refractivity contribution in [1.82, 2.24) is 25.3 Å². The number of aromatic nitrogens is 5. The van der Waals surface area contributed by atoms with E-state index in [1.54, 1.807) is 0 Å². The van der Waals surface area contributed by atoms with Crippen LogP contribution in [0.4, 0.5) is 5.82 Å². The van der Waals surface area contributed by atoms with Gasteiger partial charge in [0.1, 0.15) is 0 Å². The molecule has 0 aromatic carbocycles. The topological polar surface area (TPSA) is 79.4 Å². The van der Waals surface area contributed by atoms with Crippen molar-refractivity contribution in [3.63, 3.8) is 0 Å². The Kier molecular flexibility index (Phi) is 3.25. The third-order valence-electron chi connectivity index (χ3n) is 2.35. The number of aliphatic hydroxyl groups excluding tert-OH is 1. The zero-order chi connectivity index (χ0) is 11.4. The van der Waals surface area contributed by atoms with Crippen LogP contribution in [0.5, 0.6) is 0 Å². The Hall–Kier alpha value is -1.76. The van der Waals surface area contributed by atoms with Crippen LogP contribution >= 0.6 is 0 Å². The molecule has 1 N–H and O–H groups in total. The first kappa shape index (κ1) is 10.7. The molecule has 0 fully saturated rings. The molecule has 0 saturated heterocycles. The standard InChI is InChI=1S/C9H14N6O/c1-2-14(6-3-7-16)9-5-4-8-10-12-13-15(8)11-9/h4-5,16H,2-3,6-7H2,1H3. The predicted octanol–water partition coefficient (Wildman–Crippen LogP) is -0.272. The number of nitrogens with zero attached hydrogens (tertiary/aromatic N) is 6. The van der Waals surface area contributed by atoms with E-state index in [4.69, 9.17) is 5.11 Å². The van der Waals surface area contributed by atoms with Crippen molar-refractivity contribution < 1.29 is 5.11 Å². The Morgan fingerprint density at radius 2 is 2.31 bits per heavy atom. The molecule has 7 heteroatoms. The van der Waals surface area contributed by atoms with Crippen LogP contribution in [-0.2, 0) is 0 Å². The quantitative estimate of drug-likeness (QED) is 0.750. The van der Waals surface area contributed by atoms with Gasteiger partial charge in [0.2, 0.25) is 0 Å². The van der Waals surface area contributed by atoms with E-state index in [2.05, 4.69) is 25.5 Å². The number of anilines is 1. The van der Waals surface area contributed by atoms with E-state index < -0.39 is 0 Å². The second kappa shape index (κ2) is 4.84. The summed E-state index contributed by atoms with van der Waals surface area (Å²) in [6.07, 6.45) is 0.725. The maximum absolute atomic E-state index is 8.81. The van der Waals surface area contributed by atoms with Crippen molar-refractivity contribution in [2.24, 2.45) is 0 Å². The number of hydrogen-bond acceptors (Lipinski definition) is 6. The summed E-state index contributed by atoms with van der Waals surface area (Å²) in [6, 6.07) is 3.70. The minimum atomic E-state index is 0.184. The largest absolute Gasteiger partial charge is 0.396 e.